The van der Waals surface area contributed by atoms with E-state index in [1.165, 1.54) is 70.1 Å². The minimum atomic E-state index is -0.420. The maximum absolute atomic E-state index is 10.5. The number of rotatable bonds is 13. The molecule has 124 valence electrons. The smallest absolute Gasteiger partial charge is 0.258 e. The highest BCUT2D eigenvalue weighted by Crippen LogP contribution is 2.30. The summed E-state index contributed by atoms with van der Waals surface area (Å²) in [6.45, 7) is 2.25. The minimum Gasteiger partial charge on any atom is -0.258 e. The third kappa shape index (κ3) is 9.30. The van der Waals surface area contributed by atoms with Crippen LogP contribution in [0.4, 0.5) is 5.69 Å². The fraction of sp³-hybridized carbons (Fsp3) is 0.688. The highest BCUT2D eigenvalue weighted by molar-refractivity contribution is 8.76. The summed E-state index contributed by atoms with van der Waals surface area (Å²) in [6, 6.07) is 3.22. The summed E-state index contributed by atoms with van der Waals surface area (Å²) < 4.78 is 0. The molecule has 0 atom stereocenters. The normalized spacial score (nSPS) is 10.8. The van der Waals surface area contributed by atoms with Crippen LogP contribution in [-0.2, 0) is 0 Å². The molecule has 0 amide bonds. The number of nitrogens with zero attached hydrogens (tertiary/aromatic N) is 2. The molecule has 0 aliphatic heterocycles. The quantitative estimate of drug-likeness (QED) is 0.183. The van der Waals surface area contributed by atoms with E-state index in [0.717, 1.165) is 10.8 Å². The van der Waals surface area contributed by atoms with Gasteiger partial charge in [-0.2, -0.15) is 0 Å². The van der Waals surface area contributed by atoms with Crippen molar-refractivity contribution in [1.82, 2.24) is 4.98 Å². The molecule has 0 fully saturated rings. The maximum Gasteiger partial charge on any atom is 0.287 e. The van der Waals surface area contributed by atoms with E-state index in [1.807, 2.05) is 0 Å². The van der Waals surface area contributed by atoms with Crippen LogP contribution in [0.1, 0.15) is 64.7 Å². The monoisotopic (exact) mass is 342 g/mol. The summed E-state index contributed by atoms with van der Waals surface area (Å²) in [6.07, 6.45) is 13.4. The second-order valence-corrected chi connectivity index (χ2v) is 7.78. The third-order valence-electron chi connectivity index (χ3n) is 3.41. The van der Waals surface area contributed by atoms with E-state index < -0.39 is 4.92 Å². The van der Waals surface area contributed by atoms with Gasteiger partial charge in [-0.05, 0) is 23.3 Å². The average Bonchev–Trinajstić information content (AvgIpc) is 2.53. The highest BCUT2D eigenvalue weighted by atomic mass is 33.1. The van der Waals surface area contributed by atoms with Crippen molar-refractivity contribution < 1.29 is 4.92 Å². The second-order valence-electron chi connectivity index (χ2n) is 5.35. The van der Waals surface area contributed by atoms with Gasteiger partial charge in [0, 0.05) is 11.8 Å². The third-order valence-corrected chi connectivity index (χ3v) is 5.76. The summed E-state index contributed by atoms with van der Waals surface area (Å²) in [5.74, 6) is 1.11. The average molecular weight is 343 g/mol. The Bertz CT molecular complexity index is 413. The van der Waals surface area contributed by atoms with Crippen LogP contribution < -0.4 is 0 Å². The fourth-order valence-electron chi connectivity index (χ4n) is 2.10. The zero-order valence-electron chi connectivity index (χ0n) is 13.3. The van der Waals surface area contributed by atoms with Crippen LogP contribution in [0, 0.1) is 10.1 Å². The van der Waals surface area contributed by atoms with Crippen molar-refractivity contribution in [3.05, 3.63) is 28.4 Å². The molecule has 1 aromatic rings. The van der Waals surface area contributed by atoms with Gasteiger partial charge in [0.1, 0.15) is 11.2 Å². The standard InChI is InChI=1S/C16H26N2O2S2/c1-2-3-4-5-6-7-8-9-10-13-21-22-16-12-11-15(14-17-16)18(19)20/h11-12,14H,2-10,13H2,1H3. The van der Waals surface area contributed by atoms with Gasteiger partial charge in [0.2, 0.25) is 0 Å². The van der Waals surface area contributed by atoms with Gasteiger partial charge in [-0.1, -0.05) is 69.1 Å². The largest absolute Gasteiger partial charge is 0.287 e. The molecule has 0 radical (unpaired) electrons. The van der Waals surface area contributed by atoms with E-state index in [-0.39, 0.29) is 5.69 Å². The van der Waals surface area contributed by atoms with E-state index in [1.54, 1.807) is 27.7 Å². The molecule has 0 spiro atoms. The molecule has 4 nitrogen and oxygen atoms in total. The first kappa shape index (κ1) is 19.3. The molecule has 1 heterocycles. The van der Waals surface area contributed by atoms with E-state index in [4.69, 9.17) is 0 Å². The molecular weight excluding hydrogens is 316 g/mol. The molecule has 0 N–H and O–H groups in total. The van der Waals surface area contributed by atoms with E-state index >= 15 is 0 Å². The molecule has 6 heteroatoms. The minimum absolute atomic E-state index is 0.0493. The molecule has 22 heavy (non-hydrogen) atoms. The van der Waals surface area contributed by atoms with Crippen molar-refractivity contribution in [3.63, 3.8) is 0 Å². The Morgan fingerprint density at radius 3 is 2.23 bits per heavy atom. The van der Waals surface area contributed by atoms with Crippen LogP contribution in [0.2, 0.25) is 0 Å². The predicted octanol–water partition coefficient (Wildman–Crippen LogP) is 6.26. The van der Waals surface area contributed by atoms with Gasteiger partial charge in [-0.25, -0.2) is 4.98 Å². The summed E-state index contributed by atoms with van der Waals surface area (Å²) in [4.78, 5) is 14.2. The summed E-state index contributed by atoms with van der Waals surface area (Å²) in [7, 11) is 3.38. The maximum atomic E-state index is 10.5. The van der Waals surface area contributed by atoms with Crippen molar-refractivity contribution in [2.24, 2.45) is 0 Å². The Morgan fingerprint density at radius 1 is 1.05 bits per heavy atom. The molecule has 0 saturated heterocycles. The Morgan fingerprint density at radius 2 is 1.68 bits per heavy atom. The van der Waals surface area contributed by atoms with Crippen LogP contribution in [0.5, 0.6) is 0 Å². The Kier molecular flexibility index (Phi) is 11.2. The van der Waals surface area contributed by atoms with Gasteiger partial charge in [-0.3, -0.25) is 10.1 Å². The van der Waals surface area contributed by atoms with Crippen molar-refractivity contribution >= 4 is 27.3 Å². The lowest BCUT2D eigenvalue weighted by Crippen LogP contribution is -1.88. The van der Waals surface area contributed by atoms with Crippen molar-refractivity contribution in [3.8, 4) is 0 Å². The van der Waals surface area contributed by atoms with Gasteiger partial charge in [0.15, 0.2) is 0 Å². The van der Waals surface area contributed by atoms with Crippen LogP contribution in [0.3, 0.4) is 0 Å². The first-order valence-corrected chi connectivity index (χ1v) is 10.5. The fourth-order valence-corrected chi connectivity index (χ4v) is 4.11. The van der Waals surface area contributed by atoms with Crippen LogP contribution in [0.15, 0.2) is 23.4 Å². The van der Waals surface area contributed by atoms with Crippen LogP contribution in [0.25, 0.3) is 0 Å². The highest BCUT2D eigenvalue weighted by Gasteiger charge is 2.05. The van der Waals surface area contributed by atoms with Crippen LogP contribution in [-0.4, -0.2) is 15.7 Å². The van der Waals surface area contributed by atoms with Gasteiger partial charge in [0.05, 0.1) is 4.92 Å². The number of nitro groups is 1. The lowest BCUT2D eigenvalue weighted by Gasteiger charge is -2.02. The lowest BCUT2D eigenvalue weighted by molar-refractivity contribution is -0.385. The molecule has 0 bridgehead atoms. The number of unbranched alkanes of at least 4 members (excludes halogenated alkanes) is 8. The molecule has 0 aliphatic rings. The number of hydrogen-bond acceptors (Lipinski definition) is 5. The SMILES string of the molecule is CCCCCCCCCCCSSc1ccc([N+](=O)[O-])cn1. The first-order valence-electron chi connectivity index (χ1n) is 8.14. The van der Waals surface area contributed by atoms with Crippen molar-refractivity contribution in [2.75, 3.05) is 5.75 Å². The Balaban J connectivity index is 1.94. The lowest BCUT2D eigenvalue weighted by atomic mass is 10.1. The second kappa shape index (κ2) is 12.8. The topological polar surface area (TPSA) is 56.0 Å². The molecule has 0 aromatic carbocycles. The molecule has 0 unspecified atom stereocenters. The number of pyridine rings is 1. The zero-order chi connectivity index (χ0) is 16.0. The molecular formula is C16H26N2O2S2. The van der Waals surface area contributed by atoms with Crippen molar-refractivity contribution in [2.45, 2.75) is 69.7 Å². The van der Waals surface area contributed by atoms with Crippen LogP contribution >= 0.6 is 21.6 Å². The summed E-state index contributed by atoms with van der Waals surface area (Å²) in [5.41, 5.74) is 0.0493. The van der Waals surface area contributed by atoms with Gasteiger partial charge in [-0.15, -0.1) is 0 Å². The molecule has 0 saturated carbocycles. The zero-order valence-corrected chi connectivity index (χ0v) is 15.0. The van der Waals surface area contributed by atoms with Gasteiger partial charge < -0.3 is 0 Å². The van der Waals surface area contributed by atoms with Gasteiger partial charge in [0.25, 0.3) is 5.69 Å². The summed E-state index contributed by atoms with van der Waals surface area (Å²) >= 11 is 0. The number of hydrogen-bond donors (Lipinski definition) is 0. The number of aromatic nitrogens is 1. The predicted molar refractivity (Wildman–Crippen MR) is 96.4 cm³/mol. The van der Waals surface area contributed by atoms with E-state index in [9.17, 15) is 10.1 Å². The van der Waals surface area contributed by atoms with Gasteiger partial charge >= 0.3 is 0 Å². The summed E-state index contributed by atoms with van der Waals surface area (Å²) in [5, 5.41) is 11.4. The Hall–Kier alpha value is -0.750. The molecule has 1 aromatic heterocycles. The van der Waals surface area contributed by atoms with E-state index in [2.05, 4.69) is 11.9 Å². The molecule has 1 rings (SSSR count). The Labute approximate surface area is 141 Å². The molecule has 0 aliphatic carbocycles. The van der Waals surface area contributed by atoms with Crippen molar-refractivity contribution in [1.29, 1.82) is 0 Å². The first-order chi connectivity index (χ1) is 10.7. The van der Waals surface area contributed by atoms with E-state index in [0.29, 0.717) is 0 Å².